The van der Waals surface area contributed by atoms with Gasteiger partial charge in [-0.1, -0.05) is 17.7 Å². The van der Waals surface area contributed by atoms with Gasteiger partial charge in [-0.15, -0.1) is 0 Å². The van der Waals surface area contributed by atoms with Crippen LogP contribution < -0.4 is 15.4 Å². The van der Waals surface area contributed by atoms with Crippen LogP contribution in [-0.2, 0) is 6.42 Å². The van der Waals surface area contributed by atoms with E-state index in [0.29, 0.717) is 6.04 Å². The van der Waals surface area contributed by atoms with Gasteiger partial charge < -0.3 is 15.4 Å². The average Bonchev–Trinajstić information content (AvgIpc) is 2.82. The predicted octanol–water partition coefficient (Wildman–Crippen LogP) is 1.50. The largest absolute Gasteiger partial charge is 0.496 e. The molecule has 2 rings (SSSR count). The Bertz CT molecular complexity index is 359. The van der Waals surface area contributed by atoms with E-state index in [2.05, 4.69) is 35.8 Å². The second-order valence-corrected chi connectivity index (χ2v) is 4.71. The van der Waals surface area contributed by atoms with E-state index in [1.165, 1.54) is 17.5 Å². The lowest BCUT2D eigenvalue weighted by Crippen LogP contribution is -2.32. The van der Waals surface area contributed by atoms with Crippen molar-refractivity contribution in [3.05, 3.63) is 29.3 Å². The van der Waals surface area contributed by atoms with Crippen molar-refractivity contribution < 1.29 is 4.74 Å². The highest BCUT2D eigenvalue weighted by atomic mass is 16.5. The van der Waals surface area contributed by atoms with Crippen LogP contribution in [-0.4, -0.2) is 32.8 Å². The zero-order valence-corrected chi connectivity index (χ0v) is 10.8. The van der Waals surface area contributed by atoms with Gasteiger partial charge in [0.2, 0.25) is 0 Å². The van der Waals surface area contributed by atoms with Crippen molar-refractivity contribution in [1.29, 1.82) is 0 Å². The molecule has 17 heavy (non-hydrogen) atoms. The molecule has 3 nitrogen and oxygen atoms in total. The Morgan fingerprint density at radius 2 is 2.35 bits per heavy atom. The summed E-state index contributed by atoms with van der Waals surface area (Å²) in [6, 6.07) is 7.01. The smallest absolute Gasteiger partial charge is 0.122 e. The third-order valence-electron chi connectivity index (χ3n) is 3.32. The molecule has 0 bridgehead atoms. The molecule has 2 N–H and O–H groups in total. The van der Waals surface area contributed by atoms with Crippen molar-refractivity contribution in [2.24, 2.45) is 0 Å². The Kier molecular flexibility index (Phi) is 4.40. The third kappa shape index (κ3) is 3.45. The van der Waals surface area contributed by atoms with E-state index < -0.39 is 0 Å². The van der Waals surface area contributed by atoms with Crippen LogP contribution in [0.3, 0.4) is 0 Å². The van der Waals surface area contributed by atoms with E-state index in [-0.39, 0.29) is 0 Å². The van der Waals surface area contributed by atoms with Crippen molar-refractivity contribution in [3.63, 3.8) is 0 Å². The highest BCUT2D eigenvalue weighted by molar-refractivity contribution is 5.37. The fourth-order valence-electron chi connectivity index (χ4n) is 2.34. The highest BCUT2D eigenvalue weighted by Gasteiger charge is 2.13. The first-order valence-corrected chi connectivity index (χ1v) is 6.37. The lowest BCUT2D eigenvalue weighted by Gasteiger charge is -2.13. The maximum absolute atomic E-state index is 5.38. The number of nitrogens with one attached hydrogen (secondary N) is 2. The molecule has 94 valence electrons. The minimum Gasteiger partial charge on any atom is -0.496 e. The minimum absolute atomic E-state index is 0.644. The van der Waals surface area contributed by atoms with Crippen LogP contribution in [0.5, 0.6) is 5.75 Å². The Morgan fingerprint density at radius 3 is 3.06 bits per heavy atom. The topological polar surface area (TPSA) is 33.3 Å². The number of rotatable bonds is 5. The lowest BCUT2D eigenvalue weighted by molar-refractivity contribution is 0.408. The Balaban J connectivity index is 1.86. The summed E-state index contributed by atoms with van der Waals surface area (Å²) in [6.07, 6.45) is 2.27. The zero-order chi connectivity index (χ0) is 12.1. The normalized spacial score (nSPS) is 19.5. The molecular formula is C14H22N2O. The molecular weight excluding hydrogens is 212 g/mol. The molecule has 0 saturated carbocycles. The molecule has 0 radical (unpaired) electrons. The first-order valence-electron chi connectivity index (χ1n) is 6.37. The summed E-state index contributed by atoms with van der Waals surface area (Å²) in [5.41, 5.74) is 2.59. The molecule has 1 saturated heterocycles. The first kappa shape index (κ1) is 12.4. The number of aryl methyl sites for hydroxylation is 1. The monoisotopic (exact) mass is 234 g/mol. The molecule has 0 aromatic heterocycles. The van der Waals surface area contributed by atoms with Gasteiger partial charge in [-0.25, -0.2) is 0 Å². The van der Waals surface area contributed by atoms with Gasteiger partial charge in [0.1, 0.15) is 5.75 Å². The van der Waals surface area contributed by atoms with Gasteiger partial charge in [0.25, 0.3) is 0 Å². The van der Waals surface area contributed by atoms with Crippen LogP contribution >= 0.6 is 0 Å². The lowest BCUT2D eigenvalue weighted by atomic mass is 10.1. The molecule has 1 aliphatic heterocycles. The summed E-state index contributed by atoms with van der Waals surface area (Å²) in [5, 5.41) is 6.95. The zero-order valence-electron chi connectivity index (χ0n) is 10.8. The van der Waals surface area contributed by atoms with Gasteiger partial charge in [-0.05, 0) is 44.5 Å². The van der Waals surface area contributed by atoms with Crippen LogP contribution in [0.15, 0.2) is 18.2 Å². The van der Waals surface area contributed by atoms with E-state index in [0.717, 1.165) is 31.8 Å². The third-order valence-corrected chi connectivity index (χ3v) is 3.32. The molecule has 1 fully saturated rings. The number of benzene rings is 1. The summed E-state index contributed by atoms with van der Waals surface area (Å²) in [6.45, 7) is 5.39. The van der Waals surface area contributed by atoms with E-state index in [9.17, 15) is 0 Å². The minimum atomic E-state index is 0.644. The SMILES string of the molecule is COc1ccc(C)cc1CCNC1CCNC1. The highest BCUT2D eigenvalue weighted by Crippen LogP contribution is 2.19. The molecule has 1 atom stereocenters. The van der Waals surface area contributed by atoms with Crippen molar-refractivity contribution >= 4 is 0 Å². The Hall–Kier alpha value is -1.06. The maximum atomic E-state index is 5.38. The summed E-state index contributed by atoms with van der Waals surface area (Å²) >= 11 is 0. The van der Waals surface area contributed by atoms with Crippen LogP contribution in [0.2, 0.25) is 0 Å². The van der Waals surface area contributed by atoms with E-state index in [1.54, 1.807) is 7.11 Å². The van der Waals surface area contributed by atoms with E-state index >= 15 is 0 Å². The summed E-state index contributed by atoms with van der Waals surface area (Å²) in [4.78, 5) is 0. The number of methoxy groups -OCH3 is 1. The molecule has 1 aromatic rings. The number of hydrogen-bond acceptors (Lipinski definition) is 3. The Labute approximate surface area is 104 Å². The van der Waals surface area contributed by atoms with Crippen LogP contribution in [0.4, 0.5) is 0 Å². The molecule has 1 heterocycles. The molecule has 1 aliphatic rings. The maximum Gasteiger partial charge on any atom is 0.122 e. The summed E-state index contributed by atoms with van der Waals surface area (Å²) < 4.78 is 5.38. The van der Waals surface area contributed by atoms with Crippen molar-refractivity contribution in [2.75, 3.05) is 26.7 Å². The quantitative estimate of drug-likeness (QED) is 0.810. The number of hydrogen-bond donors (Lipinski definition) is 2. The van der Waals surface area contributed by atoms with Crippen molar-refractivity contribution in [2.45, 2.75) is 25.8 Å². The molecule has 1 aromatic carbocycles. The molecule has 0 aliphatic carbocycles. The summed E-state index contributed by atoms with van der Waals surface area (Å²) in [7, 11) is 1.74. The van der Waals surface area contributed by atoms with Crippen LogP contribution in [0, 0.1) is 6.92 Å². The second-order valence-electron chi connectivity index (χ2n) is 4.71. The van der Waals surface area contributed by atoms with Gasteiger partial charge in [0.15, 0.2) is 0 Å². The van der Waals surface area contributed by atoms with Gasteiger partial charge in [-0.3, -0.25) is 0 Å². The van der Waals surface area contributed by atoms with Gasteiger partial charge in [0.05, 0.1) is 7.11 Å². The van der Waals surface area contributed by atoms with E-state index in [1.807, 2.05) is 0 Å². The predicted molar refractivity (Wildman–Crippen MR) is 70.7 cm³/mol. The second kappa shape index (κ2) is 6.03. The van der Waals surface area contributed by atoms with Crippen LogP contribution in [0.25, 0.3) is 0 Å². The van der Waals surface area contributed by atoms with E-state index in [4.69, 9.17) is 4.74 Å². The van der Waals surface area contributed by atoms with Crippen molar-refractivity contribution in [1.82, 2.24) is 10.6 Å². The molecule has 0 spiro atoms. The fraction of sp³-hybridized carbons (Fsp3) is 0.571. The van der Waals surface area contributed by atoms with Gasteiger partial charge in [-0.2, -0.15) is 0 Å². The van der Waals surface area contributed by atoms with Crippen molar-refractivity contribution in [3.8, 4) is 5.75 Å². The standard InChI is InChI=1S/C14H22N2O/c1-11-3-4-14(17-2)12(9-11)5-8-16-13-6-7-15-10-13/h3-4,9,13,15-16H,5-8,10H2,1-2H3. The summed E-state index contributed by atoms with van der Waals surface area (Å²) in [5.74, 6) is 1.00. The molecule has 1 unspecified atom stereocenters. The first-order chi connectivity index (χ1) is 8.29. The number of ether oxygens (including phenoxy) is 1. The molecule has 0 amide bonds. The van der Waals surface area contributed by atoms with Gasteiger partial charge >= 0.3 is 0 Å². The van der Waals surface area contributed by atoms with Crippen LogP contribution in [0.1, 0.15) is 17.5 Å². The fourth-order valence-corrected chi connectivity index (χ4v) is 2.34. The molecule has 3 heteroatoms. The average molecular weight is 234 g/mol. The Morgan fingerprint density at radius 1 is 1.47 bits per heavy atom. The van der Waals surface area contributed by atoms with Gasteiger partial charge in [0, 0.05) is 12.6 Å².